The van der Waals surface area contributed by atoms with Crippen LogP contribution in [0.25, 0.3) is 43.4 Å². The molecule has 462 valence electrons. The standard InChI is InChI=1S/C61H56N12O11S6/c1-27-45(76)21-73-49(27)59-71-43(26-89-59)57-67-39(22-87-57)48-34(16-17-36(64-48)56-70-40(25-88-56)51(79)63-32-12-10-31(11-13-32)61(83)84)54-68-41(23-85-54)52(80)65-37(20-46(62)77)58-72-47(28(2)90-58)44(75)19-35(50(78)30-6-4-3-5-7-30)55-69-42(24-86-55)53(81)66-38(60(73)82)18-29-8-14-33(74)15-9-29/h3-9,14-17,22-27,31-32,35,37-38,45,49-50,74,76,78H,10-13,18-21H2,1-2H3,(H2,62,77)(H,63,79)(H,65,80)(H,66,81)(H,83,84)/t27-,31?,32?,35-,37-,38-,45-,49-,50+/m0/s1. The van der Waals surface area contributed by atoms with Crippen molar-refractivity contribution in [1.29, 1.82) is 0 Å². The van der Waals surface area contributed by atoms with E-state index in [1.165, 1.54) is 56.4 Å². The van der Waals surface area contributed by atoms with Crippen LogP contribution in [-0.2, 0) is 20.8 Å². The average molecular weight is 1330 g/mol. The molecule has 12 rings (SSSR count). The Balaban J connectivity index is 0.931. The minimum Gasteiger partial charge on any atom is -0.508 e. The number of fused-ring (bicyclic) bond motifs is 16. The third-order valence-corrected chi connectivity index (χ3v) is 21.7. The van der Waals surface area contributed by atoms with E-state index < -0.39 is 89.4 Å². The molecule has 10 bridgehead atoms. The Labute approximate surface area is 537 Å². The van der Waals surface area contributed by atoms with Crippen LogP contribution in [0.3, 0.4) is 0 Å². The van der Waals surface area contributed by atoms with Crippen LogP contribution in [0.15, 0.2) is 93.6 Å². The Morgan fingerprint density at radius 3 is 2.09 bits per heavy atom. The summed E-state index contributed by atoms with van der Waals surface area (Å²) in [5.41, 5.74) is 8.98. The van der Waals surface area contributed by atoms with Crippen molar-refractivity contribution in [1.82, 2.24) is 55.7 Å². The first-order chi connectivity index (χ1) is 43.3. The van der Waals surface area contributed by atoms with Gasteiger partial charge in [0.25, 0.3) is 17.7 Å². The van der Waals surface area contributed by atoms with E-state index in [1.807, 2.05) is 6.92 Å². The van der Waals surface area contributed by atoms with E-state index in [4.69, 9.17) is 30.7 Å². The van der Waals surface area contributed by atoms with Gasteiger partial charge in [-0.2, -0.15) is 0 Å². The number of carboxylic acids is 1. The summed E-state index contributed by atoms with van der Waals surface area (Å²) >= 11 is 7.01. The van der Waals surface area contributed by atoms with Crippen LogP contribution in [0.1, 0.15) is 143 Å². The minimum atomic E-state index is -1.31. The molecule has 7 atom stereocenters. The van der Waals surface area contributed by atoms with Crippen molar-refractivity contribution in [2.24, 2.45) is 17.6 Å². The Kier molecular flexibility index (Phi) is 18.0. The lowest BCUT2D eigenvalue weighted by molar-refractivity contribution is -0.143. The molecule has 29 heteroatoms. The summed E-state index contributed by atoms with van der Waals surface area (Å²) in [5.74, 6) is -6.43. The van der Waals surface area contributed by atoms with Gasteiger partial charge in [0.1, 0.15) is 76.7 Å². The number of aliphatic hydroxyl groups is 2. The van der Waals surface area contributed by atoms with E-state index in [-0.39, 0.29) is 70.4 Å². The van der Waals surface area contributed by atoms with Gasteiger partial charge >= 0.3 is 5.97 Å². The number of rotatable bonds is 10. The highest BCUT2D eigenvalue weighted by molar-refractivity contribution is 7.15. The first-order valence-electron chi connectivity index (χ1n) is 28.6. The molecule has 90 heavy (non-hydrogen) atoms. The summed E-state index contributed by atoms with van der Waals surface area (Å²) in [7, 11) is 0. The van der Waals surface area contributed by atoms with Gasteiger partial charge in [0, 0.05) is 74.6 Å². The summed E-state index contributed by atoms with van der Waals surface area (Å²) in [6, 6.07) is 15.1. The fourth-order valence-corrected chi connectivity index (χ4v) is 16.7. The van der Waals surface area contributed by atoms with E-state index in [9.17, 15) is 49.2 Å². The number of hydrogen-bond acceptors (Lipinski definition) is 23. The first-order valence-corrected chi connectivity index (χ1v) is 33.8. The number of primary amides is 1. The molecule has 9 heterocycles. The maximum absolute atomic E-state index is 15.2. The summed E-state index contributed by atoms with van der Waals surface area (Å²) < 4.78 is 0. The van der Waals surface area contributed by atoms with Crippen molar-refractivity contribution >= 4 is 109 Å². The van der Waals surface area contributed by atoms with Gasteiger partial charge in [0.2, 0.25) is 11.8 Å². The van der Waals surface area contributed by atoms with Crippen LogP contribution in [0.4, 0.5) is 0 Å². The maximum atomic E-state index is 15.2. The number of ketones is 1. The van der Waals surface area contributed by atoms with Crippen LogP contribution in [0.2, 0.25) is 0 Å². The lowest BCUT2D eigenvalue weighted by Gasteiger charge is -2.29. The van der Waals surface area contributed by atoms with E-state index in [1.54, 1.807) is 83.0 Å². The predicted octanol–water partition coefficient (Wildman–Crippen LogP) is 8.55. The van der Waals surface area contributed by atoms with Gasteiger partial charge in [-0.3, -0.25) is 33.6 Å². The molecule has 2 aromatic carbocycles. The molecule has 2 fully saturated rings. The van der Waals surface area contributed by atoms with Gasteiger partial charge in [-0.1, -0.05) is 49.4 Å². The van der Waals surface area contributed by atoms with E-state index in [0.29, 0.717) is 90.1 Å². The number of nitrogens with zero attached hydrogens (tertiary/aromatic N) is 8. The minimum absolute atomic E-state index is 0.00214. The summed E-state index contributed by atoms with van der Waals surface area (Å²) in [6.07, 6.45) is -1.09. The van der Waals surface area contributed by atoms with Crippen molar-refractivity contribution in [3.63, 3.8) is 0 Å². The Morgan fingerprint density at radius 2 is 1.34 bits per heavy atom. The van der Waals surface area contributed by atoms with Gasteiger partial charge in [0.05, 0.1) is 47.3 Å². The molecule has 0 spiro atoms. The SMILES string of the molecule is Cc1sc2nc1C(=O)C[C@@H]([C@H](O)c1ccccc1)c1nc(cs1)C(=O)N[C@@H](Cc1ccc(O)cc1)C(=O)N1C[C@H](O)[C@H](C)[C@H]1c1nc(cs1)-c1nc(cs1)-c1nc(-c3nc(C(=O)NC4CCC(C(=O)O)CC4)cs3)ccc1-c1nc(cs1)C(=O)N[C@H]2CC(N)=O. The van der Waals surface area contributed by atoms with Crippen molar-refractivity contribution in [3.05, 3.63) is 147 Å². The van der Waals surface area contributed by atoms with Crippen LogP contribution >= 0.6 is 68.0 Å². The number of Topliss-reactive ketones (excluding diaryl/α,β-unsaturated/α-hetero) is 1. The number of thiazole rings is 6. The Bertz CT molecular complexity index is 4210. The second kappa shape index (κ2) is 26.2. The molecule has 3 aliphatic rings. The number of carbonyl (C=O) groups is 7. The summed E-state index contributed by atoms with van der Waals surface area (Å²) in [4.78, 5) is 132. The monoisotopic (exact) mass is 1320 g/mol. The molecule has 23 nitrogen and oxygen atoms in total. The van der Waals surface area contributed by atoms with Crippen molar-refractivity contribution in [3.8, 4) is 49.1 Å². The highest BCUT2D eigenvalue weighted by atomic mass is 32.1. The van der Waals surface area contributed by atoms with Gasteiger partial charge in [-0.15, -0.1) is 68.0 Å². The van der Waals surface area contributed by atoms with Crippen LogP contribution < -0.4 is 21.7 Å². The fourth-order valence-electron chi connectivity index (χ4n) is 11.3. The molecule has 1 aliphatic carbocycles. The Hall–Kier alpha value is -8.42. The van der Waals surface area contributed by atoms with Crippen LogP contribution in [-0.4, -0.2) is 126 Å². The molecular formula is C61H56N12O11S6. The molecule has 9 N–H and O–H groups in total. The van der Waals surface area contributed by atoms with E-state index in [0.717, 1.165) is 34.0 Å². The maximum Gasteiger partial charge on any atom is 0.306 e. The highest BCUT2D eigenvalue weighted by Crippen LogP contribution is 2.44. The van der Waals surface area contributed by atoms with Crippen LogP contribution in [0.5, 0.6) is 5.75 Å². The topological polar surface area (TPSA) is 356 Å². The number of aliphatic hydroxyl groups excluding tert-OH is 2. The van der Waals surface area contributed by atoms with Gasteiger partial charge in [-0.25, -0.2) is 34.9 Å². The molecule has 7 aromatic heterocycles. The molecule has 5 amide bonds. The number of aryl methyl sites for hydroxylation is 1. The molecule has 1 saturated carbocycles. The van der Waals surface area contributed by atoms with Crippen molar-refractivity contribution < 1.29 is 54.0 Å². The second-order valence-electron chi connectivity index (χ2n) is 22.2. The molecule has 2 aliphatic heterocycles. The van der Waals surface area contributed by atoms with E-state index >= 15 is 4.79 Å². The molecule has 9 aromatic rings. The van der Waals surface area contributed by atoms with Gasteiger partial charge < -0.3 is 47.0 Å². The third kappa shape index (κ3) is 13.1. The fraction of sp³-hybridized carbons (Fsp3) is 0.311. The molecular weight excluding hydrogens is 1270 g/mol. The predicted molar refractivity (Wildman–Crippen MR) is 338 cm³/mol. The lowest BCUT2D eigenvalue weighted by atomic mass is 9.86. The number of amides is 5. The van der Waals surface area contributed by atoms with Gasteiger partial charge in [-0.05, 0) is 68.0 Å². The average Bonchev–Trinajstić information content (AvgIpc) is 1.70. The number of aromatic hydroxyl groups is 1. The number of aliphatic carboxylic acids is 1. The number of nitrogens with two attached hydrogens (primary N) is 1. The summed E-state index contributed by atoms with van der Waals surface area (Å²) in [6.45, 7) is 3.40. The number of pyridine rings is 1. The van der Waals surface area contributed by atoms with Crippen LogP contribution in [0, 0.1) is 18.8 Å². The Morgan fingerprint density at radius 1 is 0.700 bits per heavy atom. The zero-order valence-corrected chi connectivity index (χ0v) is 52.7. The third-order valence-electron chi connectivity index (χ3n) is 16.1. The zero-order valence-electron chi connectivity index (χ0n) is 47.8. The number of phenols is 1. The lowest BCUT2D eigenvalue weighted by Crippen LogP contribution is -2.50. The number of carbonyl (C=O) groups excluding carboxylic acids is 6. The van der Waals surface area contributed by atoms with Crippen molar-refractivity contribution in [2.75, 3.05) is 6.54 Å². The second-order valence-corrected chi connectivity index (χ2v) is 27.8. The normalized spacial score (nSPS) is 21.8. The zero-order chi connectivity index (χ0) is 63.1. The van der Waals surface area contributed by atoms with Crippen molar-refractivity contribution in [2.45, 2.75) is 101 Å². The molecule has 1 saturated heterocycles. The molecule has 0 unspecified atom stereocenters. The number of benzene rings is 2. The molecule has 0 radical (unpaired) electrons. The van der Waals surface area contributed by atoms with Gasteiger partial charge in [0.15, 0.2) is 5.78 Å². The number of hydrogen-bond donors (Lipinski definition) is 8. The number of carboxylic acid groups (broad SMARTS) is 1. The first kappa shape index (κ1) is 61.8. The number of phenolic OH excluding ortho intramolecular Hbond substituents is 1. The highest BCUT2D eigenvalue weighted by Gasteiger charge is 2.46. The quantitative estimate of drug-likeness (QED) is 0.0635. The summed E-state index contributed by atoms with van der Waals surface area (Å²) in [5, 5.41) is 62.5. The number of nitrogens with one attached hydrogen (secondary N) is 3. The smallest absolute Gasteiger partial charge is 0.306 e. The largest absolute Gasteiger partial charge is 0.508 e. The number of aromatic nitrogens is 7. The van der Waals surface area contributed by atoms with E-state index in [2.05, 4.69) is 25.9 Å².